The third kappa shape index (κ3) is 2.29. The number of hydrogen-bond acceptors (Lipinski definition) is 1. The van der Waals surface area contributed by atoms with Crippen LogP contribution >= 0.6 is 15.9 Å². The maximum Gasteiger partial charge on any atom is 0.137 e. The average Bonchev–Trinajstić information content (AvgIpc) is 2.14. The molecule has 1 nitrogen and oxygen atoms in total. The molecule has 0 radical (unpaired) electrons. The Morgan fingerprint density at radius 3 is 2.77 bits per heavy atom. The summed E-state index contributed by atoms with van der Waals surface area (Å²) in [5.41, 5.74) is 0.977. The van der Waals surface area contributed by atoms with Gasteiger partial charge in [-0.2, -0.15) is 0 Å². The van der Waals surface area contributed by atoms with Crippen molar-refractivity contribution in [3.8, 4) is 0 Å². The standard InChI is InChI=1S/C10H13BrFN/c1-3-9(13-2)7-5-4-6-8(12)10(7)11/h4-6,9,13H,3H2,1-2H3. The van der Waals surface area contributed by atoms with Gasteiger partial charge < -0.3 is 5.32 Å². The van der Waals surface area contributed by atoms with Crippen LogP contribution in [0.5, 0.6) is 0 Å². The van der Waals surface area contributed by atoms with Gasteiger partial charge in [0.15, 0.2) is 0 Å². The van der Waals surface area contributed by atoms with Crippen LogP contribution in [0.2, 0.25) is 0 Å². The first-order valence-electron chi connectivity index (χ1n) is 4.31. The summed E-state index contributed by atoms with van der Waals surface area (Å²) in [6.45, 7) is 2.07. The molecule has 0 aliphatic carbocycles. The van der Waals surface area contributed by atoms with Gasteiger partial charge in [0, 0.05) is 6.04 Å². The minimum absolute atomic E-state index is 0.203. The third-order valence-electron chi connectivity index (χ3n) is 2.11. The molecule has 0 heterocycles. The molecule has 0 amide bonds. The van der Waals surface area contributed by atoms with Gasteiger partial charge in [-0.1, -0.05) is 19.1 Å². The molecule has 1 atom stereocenters. The first kappa shape index (κ1) is 10.7. The molecule has 72 valence electrons. The van der Waals surface area contributed by atoms with Gasteiger partial charge in [-0.25, -0.2) is 4.39 Å². The van der Waals surface area contributed by atoms with Gasteiger partial charge >= 0.3 is 0 Å². The summed E-state index contributed by atoms with van der Waals surface area (Å²) in [6, 6.07) is 5.33. The molecule has 0 aromatic heterocycles. The van der Waals surface area contributed by atoms with E-state index in [9.17, 15) is 4.39 Å². The molecule has 0 saturated heterocycles. The van der Waals surface area contributed by atoms with Gasteiger partial charge in [0.25, 0.3) is 0 Å². The quantitative estimate of drug-likeness (QED) is 0.863. The smallest absolute Gasteiger partial charge is 0.137 e. The average molecular weight is 246 g/mol. The zero-order valence-electron chi connectivity index (χ0n) is 7.77. The van der Waals surface area contributed by atoms with E-state index in [1.165, 1.54) is 6.07 Å². The molecule has 0 aliphatic heterocycles. The topological polar surface area (TPSA) is 12.0 Å². The van der Waals surface area contributed by atoms with E-state index in [2.05, 4.69) is 28.2 Å². The van der Waals surface area contributed by atoms with Gasteiger partial charge in [-0.15, -0.1) is 0 Å². The van der Waals surface area contributed by atoms with Gasteiger partial charge in [0.1, 0.15) is 5.82 Å². The SMILES string of the molecule is CCC(NC)c1cccc(F)c1Br. The lowest BCUT2D eigenvalue weighted by atomic mass is 10.1. The molecule has 0 spiro atoms. The molecule has 0 saturated carbocycles. The zero-order valence-corrected chi connectivity index (χ0v) is 9.36. The van der Waals surface area contributed by atoms with E-state index in [-0.39, 0.29) is 11.9 Å². The molecule has 0 aliphatic rings. The van der Waals surface area contributed by atoms with E-state index in [4.69, 9.17) is 0 Å². The highest BCUT2D eigenvalue weighted by atomic mass is 79.9. The van der Waals surface area contributed by atoms with Crippen LogP contribution < -0.4 is 5.32 Å². The fourth-order valence-electron chi connectivity index (χ4n) is 1.37. The Hall–Kier alpha value is -0.410. The molecule has 13 heavy (non-hydrogen) atoms. The van der Waals surface area contributed by atoms with E-state index in [1.54, 1.807) is 6.07 Å². The maximum atomic E-state index is 13.1. The van der Waals surface area contributed by atoms with Crippen molar-refractivity contribution < 1.29 is 4.39 Å². The lowest BCUT2D eigenvalue weighted by Gasteiger charge is -2.15. The second-order valence-electron chi connectivity index (χ2n) is 2.89. The van der Waals surface area contributed by atoms with E-state index in [0.29, 0.717) is 4.47 Å². The highest BCUT2D eigenvalue weighted by Gasteiger charge is 2.12. The van der Waals surface area contributed by atoms with Crippen LogP contribution in [-0.4, -0.2) is 7.05 Å². The molecule has 1 N–H and O–H groups in total. The predicted molar refractivity (Wildman–Crippen MR) is 56.2 cm³/mol. The van der Waals surface area contributed by atoms with Crippen molar-refractivity contribution in [2.75, 3.05) is 7.05 Å². The summed E-state index contributed by atoms with van der Waals surface area (Å²) >= 11 is 3.25. The van der Waals surface area contributed by atoms with Crippen LogP contribution in [0, 0.1) is 5.82 Å². The summed E-state index contributed by atoms with van der Waals surface area (Å²) in [5.74, 6) is -0.203. The van der Waals surface area contributed by atoms with Crippen molar-refractivity contribution in [3.63, 3.8) is 0 Å². The number of benzene rings is 1. The van der Waals surface area contributed by atoms with Crippen LogP contribution in [0.3, 0.4) is 0 Å². The molecular formula is C10H13BrFN. The largest absolute Gasteiger partial charge is 0.313 e. The fourth-order valence-corrected chi connectivity index (χ4v) is 1.91. The van der Waals surface area contributed by atoms with Crippen molar-refractivity contribution in [2.45, 2.75) is 19.4 Å². The van der Waals surface area contributed by atoms with Crippen molar-refractivity contribution in [1.82, 2.24) is 5.32 Å². The van der Waals surface area contributed by atoms with Crippen LogP contribution in [0.25, 0.3) is 0 Å². The van der Waals surface area contributed by atoms with E-state index >= 15 is 0 Å². The Morgan fingerprint density at radius 2 is 2.23 bits per heavy atom. The Balaban J connectivity index is 3.05. The minimum atomic E-state index is -0.203. The van der Waals surface area contributed by atoms with Gasteiger partial charge in [-0.3, -0.25) is 0 Å². The lowest BCUT2D eigenvalue weighted by molar-refractivity contribution is 0.560. The summed E-state index contributed by atoms with van der Waals surface area (Å²) < 4.78 is 13.7. The van der Waals surface area contributed by atoms with Crippen LogP contribution in [0.4, 0.5) is 4.39 Å². The third-order valence-corrected chi connectivity index (χ3v) is 2.95. The fraction of sp³-hybridized carbons (Fsp3) is 0.400. The van der Waals surface area contributed by atoms with Crippen molar-refractivity contribution in [1.29, 1.82) is 0 Å². The van der Waals surface area contributed by atoms with Gasteiger partial charge in [0.2, 0.25) is 0 Å². The van der Waals surface area contributed by atoms with Gasteiger partial charge in [0.05, 0.1) is 4.47 Å². The van der Waals surface area contributed by atoms with Crippen molar-refractivity contribution in [2.24, 2.45) is 0 Å². The number of hydrogen-bond donors (Lipinski definition) is 1. The lowest BCUT2D eigenvalue weighted by Crippen LogP contribution is -2.15. The number of rotatable bonds is 3. The summed E-state index contributed by atoms with van der Waals surface area (Å²) in [4.78, 5) is 0. The molecule has 0 bridgehead atoms. The summed E-state index contributed by atoms with van der Waals surface area (Å²) in [6.07, 6.45) is 0.943. The molecule has 3 heteroatoms. The first-order valence-corrected chi connectivity index (χ1v) is 5.11. The summed E-state index contributed by atoms with van der Waals surface area (Å²) in [5, 5.41) is 3.14. The molecule has 1 rings (SSSR count). The van der Waals surface area contributed by atoms with E-state index in [1.807, 2.05) is 13.1 Å². The second kappa shape index (κ2) is 4.72. The van der Waals surface area contributed by atoms with Crippen LogP contribution in [0.1, 0.15) is 24.9 Å². The number of nitrogens with one attached hydrogen (secondary N) is 1. The van der Waals surface area contributed by atoms with Crippen molar-refractivity contribution in [3.05, 3.63) is 34.1 Å². The molecule has 1 aromatic rings. The normalized spacial score (nSPS) is 12.9. The molecular weight excluding hydrogens is 233 g/mol. The van der Waals surface area contributed by atoms with Gasteiger partial charge in [-0.05, 0) is 41.0 Å². The predicted octanol–water partition coefficient (Wildman–Crippen LogP) is 3.26. The number of halogens is 2. The van der Waals surface area contributed by atoms with E-state index in [0.717, 1.165) is 12.0 Å². The molecule has 1 unspecified atom stereocenters. The molecule has 1 aromatic carbocycles. The maximum absolute atomic E-state index is 13.1. The first-order chi connectivity index (χ1) is 6.20. The highest BCUT2D eigenvalue weighted by Crippen LogP contribution is 2.27. The Morgan fingerprint density at radius 1 is 1.54 bits per heavy atom. The zero-order chi connectivity index (χ0) is 9.84. The highest BCUT2D eigenvalue weighted by molar-refractivity contribution is 9.10. The Labute approximate surface area is 86.5 Å². The Bertz CT molecular complexity index is 284. The minimum Gasteiger partial charge on any atom is -0.313 e. The monoisotopic (exact) mass is 245 g/mol. The second-order valence-corrected chi connectivity index (χ2v) is 3.69. The van der Waals surface area contributed by atoms with Crippen LogP contribution in [-0.2, 0) is 0 Å². The van der Waals surface area contributed by atoms with Crippen molar-refractivity contribution >= 4 is 15.9 Å². The van der Waals surface area contributed by atoms with E-state index < -0.39 is 0 Å². The molecule has 0 fully saturated rings. The van der Waals surface area contributed by atoms with Crippen LogP contribution in [0.15, 0.2) is 22.7 Å². The Kier molecular flexibility index (Phi) is 3.88. The summed E-state index contributed by atoms with van der Waals surface area (Å²) in [7, 11) is 1.88.